The van der Waals surface area contributed by atoms with Crippen molar-refractivity contribution in [1.29, 1.82) is 0 Å². The molecule has 0 amide bonds. The van der Waals surface area contributed by atoms with Crippen LogP contribution >= 0.6 is 18.9 Å². The van der Waals surface area contributed by atoms with Gasteiger partial charge in [0.05, 0.1) is 6.61 Å². The maximum Gasteiger partial charge on any atom is 0.412 e. The second-order valence-corrected chi connectivity index (χ2v) is 9.80. The van der Waals surface area contributed by atoms with E-state index in [1.807, 2.05) is 5.09 Å². The van der Waals surface area contributed by atoms with E-state index >= 15 is 4.39 Å². The number of carboxylic acids is 1. The summed E-state index contributed by atoms with van der Waals surface area (Å²) in [6.07, 6.45) is -4.41. The first kappa shape index (κ1) is 25.3. The number of aromatic carboxylic acids is 1. The lowest BCUT2D eigenvalue weighted by Gasteiger charge is -2.26. The van der Waals surface area contributed by atoms with E-state index in [9.17, 15) is 27.3 Å². The van der Waals surface area contributed by atoms with Gasteiger partial charge in [-0.25, -0.2) is 14.3 Å². The Balaban J connectivity index is 2.35. The lowest BCUT2D eigenvalue weighted by Crippen LogP contribution is -2.35. The van der Waals surface area contributed by atoms with E-state index in [0.717, 1.165) is 18.3 Å². The molecule has 0 radical (unpaired) electrons. The van der Waals surface area contributed by atoms with Crippen LogP contribution in [-0.2, 0) is 18.6 Å². The third-order valence-corrected chi connectivity index (χ3v) is 7.18. The van der Waals surface area contributed by atoms with Crippen molar-refractivity contribution in [1.82, 2.24) is 5.09 Å². The standard InChI is InChI=1S/C18H20F4NO6PS/c1-3-6-28-17(26)10(2)23-30(27,29-9-18(20,21)22)15(19)11-4-5-13-12(7-11)8-14(31-13)16(24)25/h4-5,7-8,10,15H,3,6,9H2,1-2H3,(H,23,27)(H,24,25)/t10-,15+,30?/m0/s1. The van der Waals surface area contributed by atoms with Crippen molar-refractivity contribution in [3.05, 3.63) is 34.7 Å². The van der Waals surface area contributed by atoms with E-state index in [4.69, 9.17) is 9.84 Å². The fraction of sp³-hybridized carbons (Fsp3) is 0.444. The smallest absolute Gasteiger partial charge is 0.412 e. The highest BCUT2D eigenvalue weighted by molar-refractivity contribution is 7.57. The van der Waals surface area contributed by atoms with E-state index in [0.29, 0.717) is 16.5 Å². The number of thiophene rings is 1. The predicted molar refractivity (Wildman–Crippen MR) is 106 cm³/mol. The average molecular weight is 485 g/mol. The number of rotatable bonds is 10. The van der Waals surface area contributed by atoms with Crippen molar-refractivity contribution in [2.75, 3.05) is 13.2 Å². The maximum absolute atomic E-state index is 15.2. The Morgan fingerprint density at radius 1 is 1.29 bits per heavy atom. The number of ether oxygens (including phenoxy) is 1. The second-order valence-electron chi connectivity index (χ2n) is 6.55. The summed E-state index contributed by atoms with van der Waals surface area (Å²) in [5.41, 5.74) is -0.297. The zero-order valence-electron chi connectivity index (χ0n) is 16.4. The normalized spacial score (nSPS) is 15.9. The summed E-state index contributed by atoms with van der Waals surface area (Å²) in [6.45, 7) is 0.906. The first-order valence-electron chi connectivity index (χ1n) is 9.02. The first-order valence-corrected chi connectivity index (χ1v) is 11.5. The van der Waals surface area contributed by atoms with Crippen molar-refractivity contribution in [2.24, 2.45) is 0 Å². The number of carbonyl (C=O) groups excluding carboxylic acids is 1. The van der Waals surface area contributed by atoms with Crippen LogP contribution in [0.25, 0.3) is 10.1 Å². The molecule has 0 spiro atoms. The van der Waals surface area contributed by atoms with E-state index < -0.39 is 44.2 Å². The molecule has 2 aromatic rings. The molecule has 1 heterocycles. The number of benzene rings is 1. The summed E-state index contributed by atoms with van der Waals surface area (Å²) in [5.74, 6) is -4.68. The van der Waals surface area contributed by atoms with Gasteiger partial charge in [0.1, 0.15) is 10.9 Å². The summed E-state index contributed by atoms with van der Waals surface area (Å²) in [6, 6.07) is 3.56. The quantitative estimate of drug-likeness (QED) is 0.269. The van der Waals surface area contributed by atoms with Gasteiger partial charge in [-0.3, -0.25) is 9.36 Å². The Labute approximate surface area is 178 Å². The largest absolute Gasteiger partial charge is 0.477 e. The average Bonchev–Trinajstić information content (AvgIpc) is 3.13. The van der Waals surface area contributed by atoms with Gasteiger partial charge in [-0.1, -0.05) is 13.0 Å². The molecule has 31 heavy (non-hydrogen) atoms. The number of hydrogen-bond acceptors (Lipinski definition) is 6. The van der Waals surface area contributed by atoms with Gasteiger partial charge in [-0.05, 0) is 42.5 Å². The molecule has 0 bridgehead atoms. The Bertz CT molecular complexity index is 995. The molecule has 0 saturated heterocycles. The number of fused-ring (bicyclic) bond motifs is 1. The third-order valence-electron chi connectivity index (χ3n) is 3.92. The Kier molecular flexibility index (Phi) is 8.21. The molecule has 0 aliphatic rings. The first-order chi connectivity index (χ1) is 14.4. The summed E-state index contributed by atoms with van der Waals surface area (Å²) in [7, 11) is -4.91. The molecule has 1 aromatic carbocycles. The SMILES string of the molecule is CCCOC(=O)[C@H](C)NP(=O)(OCC(F)(F)F)[C@@H](F)c1ccc2sc(C(=O)O)cc2c1. The van der Waals surface area contributed by atoms with Crippen LogP contribution in [0.2, 0.25) is 0 Å². The van der Waals surface area contributed by atoms with Gasteiger partial charge in [0.25, 0.3) is 0 Å². The minimum Gasteiger partial charge on any atom is -0.477 e. The summed E-state index contributed by atoms with van der Waals surface area (Å²) < 4.78 is 76.1. The lowest BCUT2D eigenvalue weighted by atomic mass is 10.2. The molecular weight excluding hydrogens is 465 g/mol. The van der Waals surface area contributed by atoms with Gasteiger partial charge in [-0.15, -0.1) is 11.3 Å². The van der Waals surface area contributed by atoms with Crippen LogP contribution in [0.3, 0.4) is 0 Å². The zero-order chi connectivity index (χ0) is 23.4. The molecule has 0 fully saturated rings. The van der Waals surface area contributed by atoms with Gasteiger partial charge < -0.3 is 14.4 Å². The third kappa shape index (κ3) is 6.73. The Morgan fingerprint density at radius 2 is 1.97 bits per heavy atom. The maximum atomic E-state index is 15.2. The van der Waals surface area contributed by atoms with E-state index in [1.54, 1.807) is 6.92 Å². The minimum absolute atomic E-state index is 0.0236. The number of hydrogen-bond donors (Lipinski definition) is 2. The highest BCUT2D eigenvalue weighted by Gasteiger charge is 2.42. The van der Waals surface area contributed by atoms with Gasteiger partial charge in [0.15, 0.2) is 6.61 Å². The number of esters is 1. The van der Waals surface area contributed by atoms with Gasteiger partial charge >= 0.3 is 25.6 Å². The number of alkyl halides is 4. The van der Waals surface area contributed by atoms with Crippen LogP contribution in [0.4, 0.5) is 17.6 Å². The zero-order valence-corrected chi connectivity index (χ0v) is 18.2. The Morgan fingerprint density at radius 3 is 2.55 bits per heavy atom. The number of carboxylic acid groups (broad SMARTS) is 1. The molecule has 3 atom stereocenters. The number of carbonyl (C=O) groups is 2. The summed E-state index contributed by atoms with van der Waals surface area (Å²) >= 11 is 0.921. The van der Waals surface area contributed by atoms with Crippen LogP contribution in [0, 0.1) is 0 Å². The van der Waals surface area contributed by atoms with Crippen molar-refractivity contribution in [2.45, 2.75) is 38.4 Å². The predicted octanol–water partition coefficient (Wildman–Crippen LogP) is 5.27. The topological polar surface area (TPSA) is 102 Å². The van der Waals surface area contributed by atoms with Crippen molar-refractivity contribution < 1.29 is 46.1 Å². The molecule has 0 aliphatic carbocycles. The molecule has 1 unspecified atom stereocenters. The number of nitrogens with one attached hydrogen (secondary N) is 1. The molecule has 13 heteroatoms. The molecule has 0 saturated carbocycles. The van der Waals surface area contributed by atoms with Crippen LogP contribution in [0.5, 0.6) is 0 Å². The van der Waals surface area contributed by atoms with Crippen LogP contribution < -0.4 is 5.09 Å². The van der Waals surface area contributed by atoms with E-state index in [-0.39, 0.29) is 17.0 Å². The Hall–Kier alpha value is -2.01. The van der Waals surface area contributed by atoms with Crippen LogP contribution in [-0.4, -0.2) is 42.5 Å². The number of halogens is 4. The molecule has 172 valence electrons. The fourth-order valence-corrected chi connectivity index (χ4v) is 5.25. The fourth-order valence-electron chi connectivity index (χ4n) is 2.50. The van der Waals surface area contributed by atoms with Crippen molar-refractivity contribution >= 4 is 40.9 Å². The van der Waals surface area contributed by atoms with Crippen LogP contribution in [0.15, 0.2) is 24.3 Å². The lowest BCUT2D eigenvalue weighted by molar-refractivity contribution is -0.154. The molecule has 2 N–H and O–H groups in total. The van der Waals surface area contributed by atoms with E-state index in [1.165, 1.54) is 24.3 Å². The van der Waals surface area contributed by atoms with Gasteiger partial charge in [-0.2, -0.15) is 13.2 Å². The molecule has 7 nitrogen and oxygen atoms in total. The van der Waals surface area contributed by atoms with E-state index in [2.05, 4.69) is 4.52 Å². The van der Waals surface area contributed by atoms with Crippen LogP contribution in [0.1, 0.15) is 41.4 Å². The van der Waals surface area contributed by atoms with Crippen molar-refractivity contribution in [3.8, 4) is 0 Å². The molecule has 2 rings (SSSR count). The van der Waals surface area contributed by atoms with Gasteiger partial charge in [0, 0.05) is 4.70 Å². The second kappa shape index (κ2) is 10.1. The minimum atomic E-state index is -4.91. The molecule has 1 aromatic heterocycles. The molecular formula is C18H20F4NO6PS. The monoisotopic (exact) mass is 485 g/mol. The van der Waals surface area contributed by atoms with Gasteiger partial charge in [0.2, 0.25) is 5.91 Å². The highest BCUT2D eigenvalue weighted by Crippen LogP contribution is 2.58. The summed E-state index contributed by atoms with van der Waals surface area (Å²) in [4.78, 5) is 23.0. The summed E-state index contributed by atoms with van der Waals surface area (Å²) in [5, 5.41) is 11.4. The highest BCUT2D eigenvalue weighted by atomic mass is 32.1. The van der Waals surface area contributed by atoms with Crippen molar-refractivity contribution in [3.63, 3.8) is 0 Å². The molecule has 0 aliphatic heterocycles.